The Bertz CT molecular complexity index is 554. The van der Waals surface area contributed by atoms with E-state index in [0.29, 0.717) is 6.54 Å². The number of hydrogen-bond acceptors (Lipinski definition) is 5. The fourth-order valence-electron chi connectivity index (χ4n) is 1.95. The molecule has 1 aromatic heterocycles. The van der Waals surface area contributed by atoms with Crippen LogP contribution in [0, 0.1) is 0 Å². The van der Waals surface area contributed by atoms with Crippen molar-refractivity contribution >= 4 is 5.69 Å². The normalized spacial score (nSPS) is 10.3. The molecule has 0 unspecified atom stereocenters. The van der Waals surface area contributed by atoms with Gasteiger partial charge in [0.25, 0.3) is 0 Å². The highest BCUT2D eigenvalue weighted by Gasteiger charge is 2.07. The molecule has 0 fully saturated rings. The Morgan fingerprint density at radius 3 is 2.80 bits per heavy atom. The van der Waals surface area contributed by atoms with Crippen molar-refractivity contribution in [1.82, 2.24) is 14.8 Å². The van der Waals surface area contributed by atoms with Gasteiger partial charge in [0.2, 0.25) is 0 Å². The third-order valence-electron chi connectivity index (χ3n) is 2.97. The molecule has 108 valence electrons. The van der Waals surface area contributed by atoms with Crippen molar-refractivity contribution in [3.8, 4) is 11.5 Å². The summed E-state index contributed by atoms with van der Waals surface area (Å²) in [6, 6.07) is 5.64. The second-order valence-corrected chi connectivity index (χ2v) is 4.32. The number of anilines is 1. The lowest BCUT2D eigenvalue weighted by Crippen LogP contribution is -2.10. The van der Waals surface area contributed by atoms with Crippen LogP contribution in [-0.2, 0) is 13.1 Å². The molecule has 0 aliphatic carbocycles. The van der Waals surface area contributed by atoms with Crippen LogP contribution in [0.1, 0.15) is 19.2 Å². The molecule has 0 bridgehead atoms. The Kier molecular flexibility index (Phi) is 4.81. The zero-order chi connectivity index (χ0) is 14.4. The van der Waals surface area contributed by atoms with Crippen molar-refractivity contribution in [1.29, 1.82) is 0 Å². The van der Waals surface area contributed by atoms with Crippen molar-refractivity contribution in [3.63, 3.8) is 0 Å². The first-order chi connectivity index (χ1) is 9.78. The van der Waals surface area contributed by atoms with Crippen LogP contribution in [0.25, 0.3) is 0 Å². The molecule has 1 aromatic carbocycles. The van der Waals surface area contributed by atoms with E-state index in [1.165, 1.54) is 0 Å². The maximum absolute atomic E-state index is 5.33. The summed E-state index contributed by atoms with van der Waals surface area (Å²) in [5.41, 5.74) is 0.873. The van der Waals surface area contributed by atoms with Gasteiger partial charge in [0.15, 0.2) is 0 Å². The van der Waals surface area contributed by atoms with E-state index >= 15 is 0 Å². The van der Waals surface area contributed by atoms with Gasteiger partial charge in [-0.25, -0.2) is 9.67 Å². The molecule has 1 heterocycles. The van der Waals surface area contributed by atoms with Crippen molar-refractivity contribution in [3.05, 3.63) is 30.4 Å². The van der Waals surface area contributed by atoms with Crippen LogP contribution in [0.4, 0.5) is 5.69 Å². The lowest BCUT2D eigenvalue weighted by Gasteiger charge is -2.12. The third-order valence-corrected chi connectivity index (χ3v) is 2.97. The number of ether oxygens (including phenoxy) is 2. The number of aromatic nitrogens is 3. The van der Waals surface area contributed by atoms with Crippen molar-refractivity contribution in [2.75, 3.05) is 19.5 Å². The average molecular weight is 276 g/mol. The van der Waals surface area contributed by atoms with Gasteiger partial charge in [0.05, 0.1) is 26.5 Å². The Morgan fingerprint density at radius 2 is 2.10 bits per heavy atom. The minimum absolute atomic E-state index is 0.587. The summed E-state index contributed by atoms with van der Waals surface area (Å²) < 4.78 is 12.5. The van der Waals surface area contributed by atoms with E-state index in [2.05, 4.69) is 22.3 Å². The summed E-state index contributed by atoms with van der Waals surface area (Å²) >= 11 is 0. The van der Waals surface area contributed by atoms with Crippen LogP contribution in [0.15, 0.2) is 24.5 Å². The Morgan fingerprint density at radius 1 is 1.25 bits per heavy atom. The van der Waals surface area contributed by atoms with Gasteiger partial charge >= 0.3 is 0 Å². The van der Waals surface area contributed by atoms with Gasteiger partial charge in [0, 0.05) is 12.6 Å². The topological polar surface area (TPSA) is 61.2 Å². The molecule has 6 nitrogen and oxygen atoms in total. The molecular weight excluding hydrogens is 256 g/mol. The summed E-state index contributed by atoms with van der Waals surface area (Å²) in [7, 11) is 3.29. The molecule has 1 N–H and O–H groups in total. The number of methoxy groups -OCH3 is 2. The highest BCUT2D eigenvalue weighted by molar-refractivity contribution is 5.59. The maximum Gasteiger partial charge on any atom is 0.146 e. The zero-order valence-corrected chi connectivity index (χ0v) is 12.1. The van der Waals surface area contributed by atoms with Crippen LogP contribution < -0.4 is 14.8 Å². The first kappa shape index (κ1) is 14.2. The SMILES string of the molecule is CCCn1ncnc1CNc1cc(OC)ccc1OC. The smallest absolute Gasteiger partial charge is 0.146 e. The third kappa shape index (κ3) is 3.20. The molecule has 2 rings (SSSR count). The Labute approximate surface area is 118 Å². The van der Waals surface area contributed by atoms with Gasteiger partial charge in [-0.2, -0.15) is 5.10 Å². The first-order valence-corrected chi connectivity index (χ1v) is 6.61. The fraction of sp³-hybridized carbons (Fsp3) is 0.429. The van der Waals surface area contributed by atoms with E-state index < -0.39 is 0 Å². The Hall–Kier alpha value is -2.24. The second-order valence-electron chi connectivity index (χ2n) is 4.32. The predicted octanol–water partition coefficient (Wildman–Crippen LogP) is 2.32. The molecule has 0 radical (unpaired) electrons. The number of benzene rings is 1. The highest BCUT2D eigenvalue weighted by Crippen LogP contribution is 2.29. The molecule has 20 heavy (non-hydrogen) atoms. The molecule has 2 aromatic rings. The van der Waals surface area contributed by atoms with Crippen molar-refractivity contribution < 1.29 is 9.47 Å². The molecule has 0 aliphatic heterocycles. The number of rotatable bonds is 7. The molecule has 0 saturated carbocycles. The quantitative estimate of drug-likeness (QED) is 0.841. The van der Waals surface area contributed by atoms with Gasteiger partial charge in [-0.1, -0.05) is 6.92 Å². The summed E-state index contributed by atoms with van der Waals surface area (Å²) in [5, 5.41) is 7.52. The van der Waals surface area contributed by atoms with Gasteiger partial charge < -0.3 is 14.8 Å². The van der Waals surface area contributed by atoms with E-state index in [1.807, 2.05) is 22.9 Å². The molecule has 0 amide bonds. The lowest BCUT2D eigenvalue weighted by molar-refractivity contribution is 0.404. The summed E-state index contributed by atoms with van der Waals surface area (Å²) in [6.45, 7) is 3.57. The molecule has 0 saturated heterocycles. The minimum Gasteiger partial charge on any atom is -0.497 e. The van der Waals surface area contributed by atoms with Crippen molar-refractivity contribution in [2.45, 2.75) is 26.4 Å². The van der Waals surface area contributed by atoms with Crippen molar-refractivity contribution in [2.24, 2.45) is 0 Å². The largest absolute Gasteiger partial charge is 0.497 e. The average Bonchev–Trinajstić information content (AvgIpc) is 2.92. The molecule has 6 heteroatoms. The van der Waals surface area contributed by atoms with Crippen LogP contribution in [0.5, 0.6) is 11.5 Å². The van der Waals surface area contributed by atoms with Gasteiger partial charge in [-0.3, -0.25) is 0 Å². The molecule has 0 atom stereocenters. The standard InChI is InChI=1S/C14H20N4O2/c1-4-7-18-14(16-10-17-18)9-15-12-8-11(19-2)5-6-13(12)20-3/h5-6,8,10,15H,4,7,9H2,1-3H3. The number of hydrogen-bond donors (Lipinski definition) is 1. The second kappa shape index (κ2) is 6.79. The zero-order valence-electron chi connectivity index (χ0n) is 12.1. The van der Waals surface area contributed by atoms with E-state index in [9.17, 15) is 0 Å². The summed E-state index contributed by atoms with van der Waals surface area (Å²) in [5.74, 6) is 2.45. The highest BCUT2D eigenvalue weighted by atomic mass is 16.5. The summed E-state index contributed by atoms with van der Waals surface area (Å²) in [6.07, 6.45) is 2.61. The number of nitrogens with one attached hydrogen (secondary N) is 1. The van der Waals surface area contributed by atoms with E-state index in [0.717, 1.165) is 36.0 Å². The summed E-state index contributed by atoms with van der Waals surface area (Å²) in [4.78, 5) is 4.27. The minimum atomic E-state index is 0.587. The van der Waals surface area contributed by atoms with Gasteiger partial charge in [-0.05, 0) is 18.6 Å². The molecule has 0 aliphatic rings. The van der Waals surface area contributed by atoms with Crippen LogP contribution in [0.3, 0.4) is 0 Å². The van der Waals surface area contributed by atoms with E-state index in [4.69, 9.17) is 9.47 Å². The van der Waals surface area contributed by atoms with Crippen LogP contribution in [-0.4, -0.2) is 29.0 Å². The Balaban J connectivity index is 2.11. The van der Waals surface area contributed by atoms with Crippen LogP contribution in [0.2, 0.25) is 0 Å². The van der Waals surface area contributed by atoms with E-state index in [1.54, 1.807) is 20.5 Å². The number of nitrogens with zero attached hydrogens (tertiary/aromatic N) is 3. The molecular formula is C14H20N4O2. The fourth-order valence-corrected chi connectivity index (χ4v) is 1.95. The first-order valence-electron chi connectivity index (χ1n) is 6.61. The van der Waals surface area contributed by atoms with E-state index in [-0.39, 0.29) is 0 Å². The van der Waals surface area contributed by atoms with Crippen LogP contribution >= 0.6 is 0 Å². The predicted molar refractivity (Wildman–Crippen MR) is 77.2 cm³/mol. The van der Waals surface area contributed by atoms with Gasteiger partial charge in [-0.15, -0.1) is 0 Å². The number of aryl methyl sites for hydroxylation is 1. The molecule has 0 spiro atoms. The maximum atomic E-state index is 5.33. The monoisotopic (exact) mass is 276 g/mol. The van der Waals surface area contributed by atoms with Gasteiger partial charge in [0.1, 0.15) is 23.7 Å². The lowest BCUT2D eigenvalue weighted by atomic mass is 10.2.